The van der Waals surface area contributed by atoms with Crippen molar-refractivity contribution < 1.29 is 19.4 Å². The van der Waals surface area contributed by atoms with Crippen molar-refractivity contribution in [1.82, 2.24) is 0 Å². The molecule has 4 nitrogen and oxygen atoms in total. The lowest BCUT2D eigenvalue weighted by Crippen LogP contribution is -2.18. The minimum atomic E-state index is -0.771. The van der Waals surface area contributed by atoms with Crippen molar-refractivity contribution in [2.75, 3.05) is 0 Å². The van der Waals surface area contributed by atoms with E-state index in [1.807, 2.05) is 0 Å². The molecule has 0 spiro atoms. The first-order valence-corrected chi connectivity index (χ1v) is 14.0. The predicted molar refractivity (Wildman–Crippen MR) is 135 cm³/mol. The third-order valence-electron chi connectivity index (χ3n) is 6.33. The molecular formula is C28H54O4. The summed E-state index contributed by atoms with van der Waals surface area (Å²) < 4.78 is 5.74. The number of carbonyl (C=O) groups excluding carboxylic acids is 1. The van der Waals surface area contributed by atoms with Gasteiger partial charge in [0, 0.05) is 12.8 Å². The van der Waals surface area contributed by atoms with Crippen LogP contribution in [0.25, 0.3) is 0 Å². The van der Waals surface area contributed by atoms with E-state index in [1.165, 1.54) is 96.3 Å². The number of carboxylic acid groups (broad SMARTS) is 1. The van der Waals surface area contributed by atoms with E-state index in [4.69, 9.17) is 9.84 Å². The van der Waals surface area contributed by atoms with E-state index in [1.54, 1.807) is 0 Å². The van der Waals surface area contributed by atoms with Gasteiger partial charge in [0.1, 0.15) is 6.10 Å². The molecule has 1 atom stereocenters. The average molecular weight is 455 g/mol. The Morgan fingerprint density at radius 2 is 0.969 bits per heavy atom. The molecule has 0 bridgehead atoms. The van der Waals surface area contributed by atoms with Crippen LogP contribution in [0, 0.1) is 0 Å². The number of hydrogen-bond donors (Lipinski definition) is 1. The topological polar surface area (TPSA) is 63.6 Å². The van der Waals surface area contributed by atoms with Crippen molar-refractivity contribution in [2.24, 2.45) is 0 Å². The van der Waals surface area contributed by atoms with Crippen LogP contribution in [0.3, 0.4) is 0 Å². The molecule has 0 fully saturated rings. The van der Waals surface area contributed by atoms with Crippen LogP contribution >= 0.6 is 0 Å². The third kappa shape index (κ3) is 23.6. The summed E-state index contributed by atoms with van der Waals surface area (Å²) in [6, 6.07) is 0. The molecule has 1 unspecified atom stereocenters. The molecule has 0 saturated carbocycles. The Labute approximate surface area is 199 Å². The van der Waals surface area contributed by atoms with E-state index in [-0.39, 0.29) is 18.5 Å². The summed E-state index contributed by atoms with van der Waals surface area (Å²) in [5.74, 6) is -0.865. The lowest BCUT2D eigenvalue weighted by molar-refractivity contribution is -0.150. The van der Waals surface area contributed by atoms with Crippen LogP contribution in [-0.2, 0) is 14.3 Å². The Balaban J connectivity index is 3.85. The Morgan fingerprint density at radius 3 is 1.44 bits per heavy atom. The minimum absolute atomic E-state index is 0.0933. The number of carboxylic acids is 1. The van der Waals surface area contributed by atoms with Gasteiger partial charge in [-0.25, -0.2) is 0 Å². The lowest BCUT2D eigenvalue weighted by atomic mass is 10.0. The van der Waals surface area contributed by atoms with Gasteiger partial charge in [-0.15, -0.1) is 0 Å². The molecule has 1 N–H and O–H groups in total. The summed E-state index contributed by atoms with van der Waals surface area (Å²) in [7, 11) is 0. The van der Waals surface area contributed by atoms with E-state index in [0.29, 0.717) is 19.3 Å². The van der Waals surface area contributed by atoms with Gasteiger partial charge in [0.2, 0.25) is 0 Å². The number of aliphatic carboxylic acids is 1. The molecule has 0 aromatic rings. The fourth-order valence-electron chi connectivity index (χ4n) is 4.25. The average Bonchev–Trinajstić information content (AvgIpc) is 2.76. The molecule has 0 aromatic carbocycles. The van der Waals surface area contributed by atoms with Gasteiger partial charge in [-0.05, 0) is 32.1 Å². The highest BCUT2D eigenvalue weighted by atomic mass is 16.5. The SMILES string of the molecule is CCCCCCCCCCCCCC(=O)OC(CCCCCCCCC)CCCC(=O)O. The summed E-state index contributed by atoms with van der Waals surface area (Å²) >= 11 is 0. The van der Waals surface area contributed by atoms with Gasteiger partial charge in [0.25, 0.3) is 0 Å². The van der Waals surface area contributed by atoms with E-state index < -0.39 is 5.97 Å². The molecule has 0 amide bonds. The van der Waals surface area contributed by atoms with Crippen LogP contribution in [0.1, 0.15) is 162 Å². The van der Waals surface area contributed by atoms with Crippen molar-refractivity contribution in [3.05, 3.63) is 0 Å². The molecule has 0 heterocycles. The molecular weight excluding hydrogens is 400 g/mol. The fourth-order valence-corrected chi connectivity index (χ4v) is 4.25. The first-order chi connectivity index (χ1) is 15.6. The zero-order valence-electron chi connectivity index (χ0n) is 21.5. The summed E-state index contributed by atoms with van der Waals surface area (Å²) in [4.78, 5) is 23.1. The largest absolute Gasteiger partial charge is 0.481 e. The van der Waals surface area contributed by atoms with E-state index in [9.17, 15) is 9.59 Å². The Hall–Kier alpha value is -1.06. The molecule has 32 heavy (non-hydrogen) atoms. The number of unbranched alkanes of at least 4 members (excludes halogenated alkanes) is 16. The molecule has 0 rings (SSSR count). The smallest absolute Gasteiger partial charge is 0.306 e. The molecule has 4 heteroatoms. The molecule has 0 aliphatic rings. The molecule has 190 valence electrons. The van der Waals surface area contributed by atoms with Crippen LogP contribution in [-0.4, -0.2) is 23.1 Å². The molecule has 0 aromatic heterocycles. The van der Waals surface area contributed by atoms with Crippen LogP contribution < -0.4 is 0 Å². The second-order valence-corrected chi connectivity index (χ2v) is 9.59. The third-order valence-corrected chi connectivity index (χ3v) is 6.33. The Morgan fingerprint density at radius 1 is 0.562 bits per heavy atom. The molecule has 0 saturated heterocycles. The van der Waals surface area contributed by atoms with Crippen molar-refractivity contribution in [2.45, 2.75) is 168 Å². The van der Waals surface area contributed by atoms with Crippen molar-refractivity contribution in [3.63, 3.8) is 0 Å². The maximum atomic E-state index is 12.3. The maximum Gasteiger partial charge on any atom is 0.306 e. The Bertz CT molecular complexity index is 422. The van der Waals surface area contributed by atoms with Gasteiger partial charge in [-0.2, -0.15) is 0 Å². The zero-order valence-corrected chi connectivity index (χ0v) is 21.5. The number of ether oxygens (including phenoxy) is 1. The molecule has 0 aliphatic carbocycles. The summed E-state index contributed by atoms with van der Waals surface area (Å²) in [5, 5.41) is 8.89. The predicted octanol–water partition coefficient (Wildman–Crippen LogP) is 8.99. The number of carbonyl (C=O) groups is 2. The highest BCUT2D eigenvalue weighted by Crippen LogP contribution is 2.17. The minimum Gasteiger partial charge on any atom is -0.481 e. The van der Waals surface area contributed by atoms with Crippen molar-refractivity contribution >= 4 is 11.9 Å². The summed E-state index contributed by atoms with van der Waals surface area (Å²) in [6.45, 7) is 4.48. The van der Waals surface area contributed by atoms with E-state index >= 15 is 0 Å². The van der Waals surface area contributed by atoms with E-state index in [2.05, 4.69) is 13.8 Å². The summed E-state index contributed by atoms with van der Waals surface area (Å²) in [5.41, 5.74) is 0. The van der Waals surface area contributed by atoms with Crippen LogP contribution in [0.2, 0.25) is 0 Å². The second kappa shape index (κ2) is 24.6. The first-order valence-electron chi connectivity index (χ1n) is 14.0. The monoisotopic (exact) mass is 454 g/mol. The maximum absolute atomic E-state index is 12.3. The van der Waals surface area contributed by atoms with Gasteiger partial charge in [0.05, 0.1) is 0 Å². The van der Waals surface area contributed by atoms with Gasteiger partial charge in [0.15, 0.2) is 0 Å². The van der Waals surface area contributed by atoms with Crippen LogP contribution in [0.4, 0.5) is 0 Å². The van der Waals surface area contributed by atoms with Crippen LogP contribution in [0.15, 0.2) is 0 Å². The van der Waals surface area contributed by atoms with Gasteiger partial charge in [-0.3, -0.25) is 9.59 Å². The van der Waals surface area contributed by atoms with Gasteiger partial charge < -0.3 is 9.84 Å². The van der Waals surface area contributed by atoms with Crippen LogP contribution in [0.5, 0.6) is 0 Å². The quantitative estimate of drug-likeness (QED) is 0.110. The van der Waals surface area contributed by atoms with Gasteiger partial charge >= 0.3 is 11.9 Å². The number of hydrogen-bond acceptors (Lipinski definition) is 3. The molecule has 0 aliphatic heterocycles. The first kappa shape index (κ1) is 30.9. The summed E-state index contributed by atoms with van der Waals surface area (Å²) in [6.07, 6.45) is 25.3. The lowest BCUT2D eigenvalue weighted by Gasteiger charge is -2.18. The van der Waals surface area contributed by atoms with Crippen molar-refractivity contribution in [1.29, 1.82) is 0 Å². The highest BCUT2D eigenvalue weighted by Gasteiger charge is 2.15. The highest BCUT2D eigenvalue weighted by molar-refractivity contribution is 5.69. The van der Waals surface area contributed by atoms with Gasteiger partial charge in [-0.1, -0.05) is 117 Å². The zero-order chi connectivity index (χ0) is 23.7. The molecule has 0 radical (unpaired) electrons. The van der Waals surface area contributed by atoms with Crippen molar-refractivity contribution in [3.8, 4) is 0 Å². The number of rotatable bonds is 25. The Kier molecular flexibility index (Phi) is 23.8. The second-order valence-electron chi connectivity index (χ2n) is 9.59. The standard InChI is InChI=1S/C28H54O4/c1-3-5-7-9-11-12-13-14-16-18-20-25-28(31)32-26(23-21-24-27(29)30)22-19-17-15-10-8-6-4-2/h26H,3-25H2,1-2H3,(H,29,30). The normalized spacial score (nSPS) is 12.1. The fraction of sp³-hybridized carbons (Fsp3) is 0.929. The number of esters is 1. The van der Waals surface area contributed by atoms with E-state index in [0.717, 1.165) is 25.7 Å².